The van der Waals surface area contributed by atoms with Gasteiger partial charge in [0.05, 0.1) is 0 Å². The van der Waals surface area contributed by atoms with Crippen molar-refractivity contribution < 1.29 is 4.42 Å². The normalized spacial score (nSPS) is 11.2. The maximum atomic E-state index is 6.45. The summed E-state index contributed by atoms with van der Waals surface area (Å²) in [5, 5.41) is 2.27. The Morgan fingerprint density at radius 2 is 0.629 bits per heavy atom. The van der Waals surface area contributed by atoms with Crippen LogP contribution in [0.1, 0.15) is 0 Å². The average Bonchev–Trinajstić information content (AvgIpc) is 3.74. The monoisotopic (exact) mass is 791 g/mol. The number of anilines is 3. The summed E-state index contributed by atoms with van der Waals surface area (Å²) in [6.45, 7) is 0. The van der Waals surface area contributed by atoms with Gasteiger partial charge in [-0.2, -0.15) is 0 Å². The number of hydrogen-bond acceptors (Lipinski definition) is 2. The van der Waals surface area contributed by atoms with E-state index in [0.717, 1.165) is 61.3 Å². The molecular weight excluding hydrogens is 751 g/mol. The molecule has 2 heteroatoms. The molecule has 0 aliphatic rings. The van der Waals surface area contributed by atoms with E-state index in [2.05, 4.69) is 241 Å². The van der Waals surface area contributed by atoms with Crippen molar-refractivity contribution in [1.82, 2.24) is 0 Å². The second-order valence-corrected chi connectivity index (χ2v) is 15.7. The van der Waals surface area contributed by atoms with E-state index < -0.39 is 0 Å². The number of fused-ring (bicyclic) bond motifs is 3. The summed E-state index contributed by atoms with van der Waals surface area (Å²) < 4.78 is 6.45. The third-order valence-corrected chi connectivity index (χ3v) is 11.9. The van der Waals surface area contributed by atoms with Gasteiger partial charge in [-0.3, -0.25) is 0 Å². The fourth-order valence-corrected chi connectivity index (χ4v) is 8.71. The van der Waals surface area contributed by atoms with Gasteiger partial charge in [-0.05, 0) is 116 Å². The van der Waals surface area contributed by atoms with Crippen LogP contribution in [0.25, 0.3) is 88.7 Å². The molecule has 0 atom stereocenters. The van der Waals surface area contributed by atoms with E-state index in [1.54, 1.807) is 0 Å². The van der Waals surface area contributed by atoms with Crippen LogP contribution in [-0.4, -0.2) is 0 Å². The van der Waals surface area contributed by atoms with Crippen molar-refractivity contribution in [3.05, 3.63) is 249 Å². The Kier molecular flexibility index (Phi) is 9.57. The van der Waals surface area contributed by atoms with E-state index >= 15 is 0 Å². The van der Waals surface area contributed by atoms with Crippen LogP contribution in [0.3, 0.4) is 0 Å². The van der Waals surface area contributed by atoms with Gasteiger partial charge in [-0.25, -0.2) is 0 Å². The molecule has 292 valence electrons. The van der Waals surface area contributed by atoms with Crippen LogP contribution in [0, 0.1) is 0 Å². The molecule has 0 saturated carbocycles. The standard InChI is InChI=1S/C60H41NO/c1-3-13-42(14-4-1)44-27-29-45(30-28-44)46-31-35-53(36-32-46)61(54-37-33-47(34-38-54)49-18-9-17-48(39-49)43-15-5-2-6-16-43)55-22-11-20-51(41-55)50-19-10-21-52(40-50)56-24-12-25-58-57-23-7-8-26-59(57)62-60(56)58/h1-41H. The highest BCUT2D eigenvalue weighted by Crippen LogP contribution is 2.41. The molecule has 1 aromatic heterocycles. The van der Waals surface area contributed by atoms with Gasteiger partial charge in [0.2, 0.25) is 0 Å². The number of para-hydroxylation sites is 2. The smallest absolute Gasteiger partial charge is 0.143 e. The minimum absolute atomic E-state index is 0.904. The molecule has 0 spiro atoms. The first-order valence-corrected chi connectivity index (χ1v) is 21.2. The number of rotatable bonds is 9. The Labute approximate surface area is 362 Å². The fraction of sp³-hybridized carbons (Fsp3) is 0. The highest BCUT2D eigenvalue weighted by Gasteiger charge is 2.16. The topological polar surface area (TPSA) is 16.4 Å². The van der Waals surface area contributed by atoms with Gasteiger partial charge in [-0.1, -0.05) is 194 Å². The van der Waals surface area contributed by atoms with Gasteiger partial charge in [0.1, 0.15) is 11.2 Å². The maximum absolute atomic E-state index is 6.45. The molecule has 11 aromatic rings. The van der Waals surface area contributed by atoms with Gasteiger partial charge in [0.25, 0.3) is 0 Å². The lowest BCUT2D eigenvalue weighted by Gasteiger charge is -2.26. The second-order valence-electron chi connectivity index (χ2n) is 15.7. The van der Waals surface area contributed by atoms with Gasteiger partial charge in [0, 0.05) is 33.4 Å². The summed E-state index contributed by atoms with van der Waals surface area (Å²) in [6, 6.07) is 89.0. The third kappa shape index (κ3) is 7.14. The predicted molar refractivity (Wildman–Crippen MR) is 261 cm³/mol. The Morgan fingerprint density at radius 1 is 0.242 bits per heavy atom. The molecule has 0 amide bonds. The van der Waals surface area contributed by atoms with Crippen molar-refractivity contribution in [3.8, 4) is 66.8 Å². The zero-order chi connectivity index (χ0) is 41.2. The number of hydrogen-bond donors (Lipinski definition) is 0. The van der Waals surface area contributed by atoms with Crippen LogP contribution < -0.4 is 4.90 Å². The zero-order valence-corrected chi connectivity index (χ0v) is 34.0. The van der Waals surface area contributed by atoms with Crippen LogP contribution in [0.4, 0.5) is 17.1 Å². The lowest BCUT2D eigenvalue weighted by molar-refractivity contribution is 0.670. The Morgan fingerprint density at radius 3 is 1.24 bits per heavy atom. The zero-order valence-electron chi connectivity index (χ0n) is 34.0. The summed E-state index contributed by atoms with van der Waals surface area (Å²) in [5.41, 5.74) is 19.1. The van der Waals surface area contributed by atoms with Crippen molar-refractivity contribution in [2.45, 2.75) is 0 Å². The van der Waals surface area contributed by atoms with Crippen LogP contribution in [0.15, 0.2) is 253 Å². The van der Waals surface area contributed by atoms with Gasteiger partial charge < -0.3 is 9.32 Å². The first kappa shape index (κ1) is 36.8. The van der Waals surface area contributed by atoms with Crippen LogP contribution in [0.2, 0.25) is 0 Å². The Hall–Kier alpha value is -8.20. The molecule has 0 bridgehead atoms. The largest absolute Gasteiger partial charge is 0.455 e. The van der Waals surface area contributed by atoms with E-state index in [0.29, 0.717) is 0 Å². The first-order valence-electron chi connectivity index (χ1n) is 21.2. The molecule has 2 nitrogen and oxygen atoms in total. The lowest BCUT2D eigenvalue weighted by Crippen LogP contribution is -2.10. The number of furan rings is 1. The van der Waals surface area contributed by atoms with Crippen molar-refractivity contribution in [3.63, 3.8) is 0 Å². The summed E-state index contributed by atoms with van der Waals surface area (Å²) >= 11 is 0. The van der Waals surface area contributed by atoms with Crippen LogP contribution >= 0.6 is 0 Å². The second kappa shape index (κ2) is 16.1. The maximum Gasteiger partial charge on any atom is 0.143 e. The van der Waals surface area contributed by atoms with Gasteiger partial charge in [-0.15, -0.1) is 0 Å². The Balaban J connectivity index is 0.960. The number of nitrogens with zero attached hydrogens (tertiary/aromatic N) is 1. The van der Waals surface area contributed by atoms with Crippen molar-refractivity contribution >= 4 is 39.0 Å². The summed E-state index contributed by atoms with van der Waals surface area (Å²) in [4.78, 5) is 2.36. The highest BCUT2D eigenvalue weighted by molar-refractivity contribution is 6.09. The molecule has 0 fully saturated rings. The van der Waals surface area contributed by atoms with Crippen molar-refractivity contribution in [2.75, 3.05) is 4.90 Å². The first-order chi connectivity index (χ1) is 30.7. The number of benzene rings is 10. The molecule has 0 radical (unpaired) electrons. The molecule has 0 aliphatic heterocycles. The Bertz CT molecular complexity index is 3310. The average molecular weight is 792 g/mol. The summed E-state index contributed by atoms with van der Waals surface area (Å²) in [6.07, 6.45) is 0. The van der Waals surface area contributed by atoms with E-state index in [9.17, 15) is 0 Å². The van der Waals surface area contributed by atoms with Gasteiger partial charge in [0.15, 0.2) is 0 Å². The van der Waals surface area contributed by atoms with E-state index in [1.807, 2.05) is 12.1 Å². The van der Waals surface area contributed by atoms with Crippen molar-refractivity contribution in [1.29, 1.82) is 0 Å². The highest BCUT2D eigenvalue weighted by atomic mass is 16.3. The molecule has 62 heavy (non-hydrogen) atoms. The minimum atomic E-state index is 0.904. The predicted octanol–water partition coefficient (Wildman–Crippen LogP) is 17.1. The molecule has 0 unspecified atom stereocenters. The van der Waals surface area contributed by atoms with Crippen LogP contribution in [0.5, 0.6) is 0 Å². The molecule has 11 rings (SSSR count). The minimum Gasteiger partial charge on any atom is -0.455 e. The quantitative estimate of drug-likeness (QED) is 0.145. The summed E-state index contributed by atoms with van der Waals surface area (Å²) in [5.74, 6) is 0. The lowest BCUT2D eigenvalue weighted by atomic mass is 9.97. The third-order valence-electron chi connectivity index (χ3n) is 11.9. The van der Waals surface area contributed by atoms with E-state index in [4.69, 9.17) is 4.42 Å². The molecule has 0 aliphatic carbocycles. The molecule has 0 N–H and O–H groups in total. The summed E-state index contributed by atoms with van der Waals surface area (Å²) in [7, 11) is 0. The van der Waals surface area contributed by atoms with E-state index in [-0.39, 0.29) is 0 Å². The fourth-order valence-electron chi connectivity index (χ4n) is 8.71. The van der Waals surface area contributed by atoms with Crippen LogP contribution in [-0.2, 0) is 0 Å². The molecule has 10 aromatic carbocycles. The van der Waals surface area contributed by atoms with Gasteiger partial charge >= 0.3 is 0 Å². The molecular formula is C60H41NO. The molecule has 1 heterocycles. The SMILES string of the molecule is c1ccc(-c2ccc(-c3ccc(N(c4ccc(-c5cccc(-c6ccccc6)c5)cc4)c4cccc(-c5cccc(-c6cccc7c6oc6ccccc67)c5)c4)cc3)cc2)cc1. The van der Waals surface area contributed by atoms with Crippen molar-refractivity contribution in [2.24, 2.45) is 0 Å². The molecule has 0 saturated heterocycles. The van der Waals surface area contributed by atoms with E-state index in [1.165, 1.54) is 44.5 Å².